The van der Waals surface area contributed by atoms with Crippen LogP contribution in [-0.4, -0.2) is 36.8 Å². The summed E-state index contributed by atoms with van der Waals surface area (Å²) in [6.45, 7) is 1.92. The van der Waals surface area contributed by atoms with Gasteiger partial charge in [-0.1, -0.05) is 12.1 Å². The Labute approximate surface area is 133 Å². The second-order valence-electron chi connectivity index (χ2n) is 4.56. The summed E-state index contributed by atoms with van der Waals surface area (Å²) in [7, 11) is 2.81. The second-order valence-corrected chi connectivity index (χ2v) is 4.56. The summed E-state index contributed by atoms with van der Waals surface area (Å²) < 4.78 is 28.3. The molecule has 1 aromatic carbocycles. The van der Waals surface area contributed by atoms with E-state index in [0.29, 0.717) is 5.69 Å². The van der Waals surface area contributed by atoms with E-state index in [1.54, 1.807) is 19.1 Å². The maximum Gasteiger partial charge on any atom is 0.345 e. The summed E-state index contributed by atoms with van der Waals surface area (Å²) in [5, 5.41) is 0. The molecule has 7 heteroatoms. The van der Waals surface area contributed by atoms with Crippen molar-refractivity contribution >= 4 is 5.97 Å². The average molecular weight is 320 g/mol. The monoisotopic (exact) mass is 320 g/mol. The Morgan fingerprint density at radius 3 is 2.39 bits per heavy atom. The molecule has 122 valence electrons. The number of benzene rings is 1. The van der Waals surface area contributed by atoms with Gasteiger partial charge in [0.1, 0.15) is 11.4 Å². The highest BCUT2D eigenvalue weighted by atomic mass is 19.1. The lowest BCUT2D eigenvalue weighted by Gasteiger charge is -2.13. The number of nitrogens with zero attached hydrogens (tertiary/aromatic N) is 2. The van der Waals surface area contributed by atoms with Crippen molar-refractivity contribution in [2.24, 2.45) is 0 Å². The van der Waals surface area contributed by atoms with E-state index in [1.165, 1.54) is 26.4 Å². The quantitative estimate of drug-likeness (QED) is 0.761. The van der Waals surface area contributed by atoms with E-state index < -0.39 is 5.97 Å². The summed E-state index contributed by atoms with van der Waals surface area (Å²) in [5.74, 6) is -0.839. The number of hydrogen-bond donors (Lipinski definition) is 0. The van der Waals surface area contributed by atoms with Crippen molar-refractivity contribution < 1.29 is 23.4 Å². The lowest BCUT2D eigenvalue weighted by molar-refractivity contribution is 0.0519. The molecule has 0 spiro atoms. The lowest BCUT2D eigenvalue weighted by Crippen LogP contribution is -2.14. The summed E-state index contributed by atoms with van der Waals surface area (Å²) >= 11 is 0. The molecule has 0 fully saturated rings. The third-order valence-electron chi connectivity index (χ3n) is 3.07. The highest BCUT2D eigenvalue weighted by Gasteiger charge is 2.23. The standard InChI is InChI=1S/C16H17FN2O4/c1-4-23-15(20)13-12(9-10-5-7-11(17)8-6-10)18-16(22-3)19-14(13)21-2/h5-8H,4,9H2,1-3H3. The first-order valence-corrected chi connectivity index (χ1v) is 6.99. The number of rotatable bonds is 6. The van der Waals surface area contributed by atoms with Crippen LogP contribution in [0.2, 0.25) is 0 Å². The third kappa shape index (κ3) is 3.94. The van der Waals surface area contributed by atoms with Gasteiger partial charge in [-0.15, -0.1) is 0 Å². The predicted octanol–water partition coefficient (Wildman–Crippen LogP) is 2.40. The van der Waals surface area contributed by atoms with Gasteiger partial charge in [0.05, 0.1) is 26.5 Å². The topological polar surface area (TPSA) is 70.5 Å². The minimum Gasteiger partial charge on any atom is -0.480 e. The molecular formula is C16H17FN2O4. The fourth-order valence-corrected chi connectivity index (χ4v) is 2.03. The minimum atomic E-state index is -0.580. The molecule has 23 heavy (non-hydrogen) atoms. The maximum absolute atomic E-state index is 13.0. The van der Waals surface area contributed by atoms with Crippen molar-refractivity contribution in [2.75, 3.05) is 20.8 Å². The van der Waals surface area contributed by atoms with Crippen LogP contribution in [0.4, 0.5) is 4.39 Å². The smallest absolute Gasteiger partial charge is 0.345 e. The van der Waals surface area contributed by atoms with Gasteiger partial charge in [-0.2, -0.15) is 9.97 Å². The number of methoxy groups -OCH3 is 2. The maximum atomic E-state index is 13.0. The Morgan fingerprint density at radius 2 is 1.83 bits per heavy atom. The molecule has 0 aliphatic heterocycles. The molecule has 0 bridgehead atoms. The summed E-state index contributed by atoms with van der Waals surface area (Å²) in [5.41, 5.74) is 1.30. The van der Waals surface area contributed by atoms with E-state index in [4.69, 9.17) is 14.2 Å². The number of aromatic nitrogens is 2. The number of hydrogen-bond acceptors (Lipinski definition) is 6. The Bertz CT molecular complexity index is 689. The molecule has 1 aromatic heterocycles. The van der Waals surface area contributed by atoms with Crippen LogP contribution in [0.1, 0.15) is 28.5 Å². The lowest BCUT2D eigenvalue weighted by atomic mass is 10.1. The second kappa shape index (κ2) is 7.53. The molecule has 0 aliphatic carbocycles. The zero-order chi connectivity index (χ0) is 16.8. The van der Waals surface area contributed by atoms with E-state index in [9.17, 15) is 9.18 Å². The van der Waals surface area contributed by atoms with Gasteiger partial charge < -0.3 is 14.2 Å². The van der Waals surface area contributed by atoms with Crippen LogP contribution in [0.25, 0.3) is 0 Å². The Morgan fingerprint density at radius 1 is 1.13 bits per heavy atom. The molecule has 0 atom stereocenters. The van der Waals surface area contributed by atoms with Crippen molar-refractivity contribution in [3.63, 3.8) is 0 Å². The van der Waals surface area contributed by atoms with Crippen LogP contribution in [0.15, 0.2) is 24.3 Å². The van der Waals surface area contributed by atoms with Crippen LogP contribution in [0.5, 0.6) is 11.9 Å². The number of carbonyl (C=O) groups excluding carboxylic acids is 1. The van der Waals surface area contributed by atoms with E-state index in [1.807, 2.05) is 0 Å². The van der Waals surface area contributed by atoms with Gasteiger partial charge in [-0.25, -0.2) is 9.18 Å². The number of esters is 1. The molecule has 0 radical (unpaired) electrons. The van der Waals surface area contributed by atoms with Gasteiger partial charge in [0, 0.05) is 6.42 Å². The molecular weight excluding hydrogens is 303 g/mol. The summed E-state index contributed by atoms with van der Waals surface area (Å²) in [6.07, 6.45) is 0.281. The van der Waals surface area contributed by atoms with E-state index in [2.05, 4.69) is 9.97 Å². The summed E-state index contributed by atoms with van der Waals surface area (Å²) in [6, 6.07) is 5.99. The molecule has 0 saturated heterocycles. The molecule has 1 heterocycles. The van der Waals surface area contributed by atoms with Crippen LogP contribution in [0, 0.1) is 5.82 Å². The van der Waals surface area contributed by atoms with Crippen LogP contribution in [0.3, 0.4) is 0 Å². The van der Waals surface area contributed by atoms with Crippen molar-refractivity contribution in [1.82, 2.24) is 9.97 Å². The Hall–Kier alpha value is -2.70. The molecule has 0 amide bonds. The van der Waals surface area contributed by atoms with Crippen molar-refractivity contribution in [3.8, 4) is 11.9 Å². The minimum absolute atomic E-state index is 0.0759. The molecule has 0 aliphatic rings. The van der Waals surface area contributed by atoms with Crippen LogP contribution in [-0.2, 0) is 11.2 Å². The molecule has 0 saturated carbocycles. The first-order valence-electron chi connectivity index (χ1n) is 6.99. The normalized spacial score (nSPS) is 10.3. The largest absolute Gasteiger partial charge is 0.480 e. The predicted molar refractivity (Wildman–Crippen MR) is 80.3 cm³/mol. The van der Waals surface area contributed by atoms with E-state index in [-0.39, 0.29) is 36.3 Å². The van der Waals surface area contributed by atoms with Crippen molar-refractivity contribution in [1.29, 1.82) is 0 Å². The van der Waals surface area contributed by atoms with Crippen molar-refractivity contribution in [3.05, 3.63) is 46.9 Å². The zero-order valence-electron chi connectivity index (χ0n) is 13.1. The molecule has 0 N–H and O–H groups in total. The van der Waals surface area contributed by atoms with Gasteiger partial charge in [-0.05, 0) is 24.6 Å². The summed E-state index contributed by atoms with van der Waals surface area (Å²) in [4.78, 5) is 20.4. The first kappa shape index (κ1) is 16.7. The number of ether oxygens (including phenoxy) is 3. The third-order valence-corrected chi connectivity index (χ3v) is 3.07. The number of carbonyl (C=O) groups is 1. The van der Waals surface area contributed by atoms with Gasteiger partial charge in [0.2, 0.25) is 5.88 Å². The Balaban J connectivity index is 2.49. The fourth-order valence-electron chi connectivity index (χ4n) is 2.03. The molecule has 2 rings (SSSR count). The van der Waals surface area contributed by atoms with Crippen molar-refractivity contribution in [2.45, 2.75) is 13.3 Å². The zero-order valence-corrected chi connectivity index (χ0v) is 13.1. The molecule has 0 unspecified atom stereocenters. The van der Waals surface area contributed by atoms with Gasteiger partial charge in [-0.3, -0.25) is 0 Å². The van der Waals surface area contributed by atoms with Crippen LogP contribution >= 0.6 is 0 Å². The fraction of sp³-hybridized carbons (Fsp3) is 0.312. The van der Waals surface area contributed by atoms with Crippen LogP contribution < -0.4 is 9.47 Å². The van der Waals surface area contributed by atoms with E-state index in [0.717, 1.165) is 5.56 Å². The average Bonchev–Trinajstić information content (AvgIpc) is 2.56. The highest BCUT2D eigenvalue weighted by molar-refractivity contribution is 5.93. The SMILES string of the molecule is CCOC(=O)c1c(Cc2ccc(F)cc2)nc(OC)nc1OC. The first-order chi connectivity index (χ1) is 11.1. The Kier molecular flexibility index (Phi) is 5.46. The van der Waals surface area contributed by atoms with Gasteiger partial charge in [0.25, 0.3) is 0 Å². The van der Waals surface area contributed by atoms with E-state index >= 15 is 0 Å². The van der Waals surface area contributed by atoms with Gasteiger partial charge in [0.15, 0.2) is 0 Å². The highest BCUT2D eigenvalue weighted by Crippen LogP contribution is 2.25. The molecule has 2 aromatic rings. The number of halogens is 1. The molecule has 6 nitrogen and oxygen atoms in total. The van der Waals surface area contributed by atoms with Gasteiger partial charge >= 0.3 is 12.0 Å².